The molecule has 0 rings (SSSR count). The third-order valence-electron chi connectivity index (χ3n) is 5.58. The second-order valence-corrected chi connectivity index (χ2v) is 8.52. The van der Waals surface area contributed by atoms with Gasteiger partial charge < -0.3 is 14.8 Å². The van der Waals surface area contributed by atoms with Crippen LogP contribution in [0.2, 0.25) is 0 Å². The maximum Gasteiger partial charge on any atom is 0.305 e. The van der Waals surface area contributed by atoms with Crippen molar-refractivity contribution in [2.24, 2.45) is 0 Å². The van der Waals surface area contributed by atoms with E-state index in [1.807, 2.05) is 13.8 Å². The molecule has 0 heterocycles. The van der Waals surface area contributed by atoms with Gasteiger partial charge in [-0.3, -0.25) is 9.59 Å². The molecule has 0 bridgehead atoms. The Morgan fingerprint density at radius 2 is 0.774 bits per heavy atom. The quantitative estimate of drug-likeness (QED) is 0.133. The number of nitrogens with one attached hydrogen (secondary N) is 1. The fraction of sp³-hybridized carbons (Fsp3) is 0.923. The van der Waals surface area contributed by atoms with E-state index >= 15 is 0 Å². The molecule has 0 unspecified atom stereocenters. The molecule has 184 valence electrons. The molecular formula is C26H51NO4. The van der Waals surface area contributed by atoms with Crippen molar-refractivity contribution in [2.45, 2.75) is 129 Å². The van der Waals surface area contributed by atoms with E-state index in [4.69, 9.17) is 9.47 Å². The predicted octanol–water partition coefficient (Wildman–Crippen LogP) is 6.72. The lowest BCUT2D eigenvalue weighted by Gasteiger charge is -2.06. The van der Waals surface area contributed by atoms with E-state index in [0.29, 0.717) is 26.1 Å². The van der Waals surface area contributed by atoms with Gasteiger partial charge in [-0.15, -0.1) is 0 Å². The zero-order valence-corrected chi connectivity index (χ0v) is 20.7. The van der Waals surface area contributed by atoms with Crippen molar-refractivity contribution in [3.63, 3.8) is 0 Å². The second-order valence-electron chi connectivity index (χ2n) is 8.52. The van der Waals surface area contributed by atoms with Crippen LogP contribution < -0.4 is 5.32 Å². The highest BCUT2D eigenvalue weighted by Crippen LogP contribution is 2.11. The Morgan fingerprint density at radius 1 is 0.484 bits per heavy atom. The summed E-state index contributed by atoms with van der Waals surface area (Å²) in [7, 11) is 0. The summed E-state index contributed by atoms with van der Waals surface area (Å²) in [5, 5.41) is 3.58. The molecule has 0 aromatic carbocycles. The smallest absolute Gasteiger partial charge is 0.305 e. The maximum absolute atomic E-state index is 11.2. The van der Waals surface area contributed by atoms with Crippen LogP contribution in [0.1, 0.15) is 129 Å². The molecule has 0 amide bonds. The lowest BCUT2D eigenvalue weighted by atomic mass is 10.1. The highest BCUT2D eigenvalue weighted by Gasteiger charge is 2.01. The topological polar surface area (TPSA) is 64.6 Å². The fourth-order valence-electron chi connectivity index (χ4n) is 3.75. The van der Waals surface area contributed by atoms with Gasteiger partial charge in [0.25, 0.3) is 0 Å². The number of hydrogen-bond acceptors (Lipinski definition) is 5. The van der Waals surface area contributed by atoms with Crippen molar-refractivity contribution in [1.29, 1.82) is 0 Å². The molecule has 1 N–H and O–H groups in total. The van der Waals surface area contributed by atoms with Crippen molar-refractivity contribution in [3.05, 3.63) is 0 Å². The van der Waals surface area contributed by atoms with Crippen LogP contribution in [0, 0.1) is 0 Å². The molecule has 0 fully saturated rings. The van der Waals surface area contributed by atoms with Gasteiger partial charge in [-0.05, 0) is 52.6 Å². The standard InChI is InChI=1S/C26H51NO4/c1-3-30-25(28)21-17-13-9-5-7-11-15-19-23-27-24-20-16-12-8-6-10-14-18-22-26(29)31-4-2/h27H,3-24H2,1-2H3. The minimum absolute atomic E-state index is 0.0468. The molecule has 0 saturated carbocycles. The van der Waals surface area contributed by atoms with Crippen LogP contribution in [0.3, 0.4) is 0 Å². The van der Waals surface area contributed by atoms with Crippen LogP contribution in [0.5, 0.6) is 0 Å². The third-order valence-corrected chi connectivity index (χ3v) is 5.58. The van der Waals surface area contributed by atoms with Gasteiger partial charge in [-0.1, -0.05) is 77.0 Å². The van der Waals surface area contributed by atoms with Crippen molar-refractivity contribution >= 4 is 11.9 Å². The first kappa shape index (κ1) is 29.9. The molecule has 0 aromatic rings. The Kier molecular flexibility index (Phi) is 24.3. The maximum atomic E-state index is 11.2. The van der Waals surface area contributed by atoms with E-state index in [2.05, 4.69) is 5.32 Å². The van der Waals surface area contributed by atoms with Gasteiger partial charge in [0.1, 0.15) is 0 Å². The lowest BCUT2D eigenvalue weighted by molar-refractivity contribution is -0.144. The molecule has 0 spiro atoms. The van der Waals surface area contributed by atoms with Crippen LogP contribution >= 0.6 is 0 Å². The molecule has 0 aliphatic rings. The van der Waals surface area contributed by atoms with E-state index in [0.717, 1.165) is 38.8 Å². The highest BCUT2D eigenvalue weighted by molar-refractivity contribution is 5.69. The summed E-state index contributed by atoms with van der Waals surface area (Å²) < 4.78 is 9.88. The van der Waals surface area contributed by atoms with Gasteiger partial charge >= 0.3 is 11.9 Å². The summed E-state index contributed by atoms with van der Waals surface area (Å²) in [5.74, 6) is -0.0937. The Morgan fingerprint density at radius 3 is 1.10 bits per heavy atom. The van der Waals surface area contributed by atoms with Gasteiger partial charge in [-0.25, -0.2) is 0 Å². The highest BCUT2D eigenvalue weighted by atomic mass is 16.5. The van der Waals surface area contributed by atoms with Crippen LogP contribution in [0.15, 0.2) is 0 Å². The van der Waals surface area contributed by atoms with Crippen LogP contribution in [0.25, 0.3) is 0 Å². The third kappa shape index (κ3) is 25.0. The Labute approximate surface area is 192 Å². The monoisotopic (exact) mass is 441 g/mol. The average molecular weight is 442 g/mol. The molecule has 0 radical (unpaired) electrons. The predicted molar refractivity (Wildman–Crippen MR) is 129 cm³/mol. The minimum Gasteiger partial charge on any atom is -0.466 e. The van der Waals surface area contributed by atoms with Crippen LogP contribution in [-0.4, -0.2) is 38.2 Å². The Balaban J connectivity index is 3.08. The molecule has 5 heteroatoms. The van der Waals surface area contributed by atoms with E-state index < -0.39 is 0 Å². The number of esters is 2. The summed E-state index contributed by atoms with van der Waals surface area (Å²) in [6, 6.07) is 0. The van der Waals surface area contributed by atoms with Crippen LogP contribution in [-0.2, 0) is 19.1 Å². The zero-order valence-electron chi connectivity index (χ0n) is 20.7. The SMILES string of the molecule is CCOC(=O)CCCCCCCCCCNCCCCCCCCCCC(=O)OCC. The molecule has 0 aromatic heterocycles. The Hall–Kier alpha value is -1.10. The lowest BCUT2D eigenvalue weighted by Crippen LogP contribution is -2.16. The summed E-state index contributed by atoms with van der Waals surface area (Å²) in [4.78, 5) is 22.5. The Bertz CT molecular complexity index is 365. The van der Waals surface area contributed by atoms with Gasteiger partial charge in [0.15, 0.2) is 0 Å². The first-order valence-corrected chi connectivity index (χ1v) is 13.2. The van der Waals surface area contributed by atoms with E-state index in [-0.39, 0.29) is 11.9 Å². The molecule has 5 nitrogen and oxygen atoms in total. The van der Waals surface area contributed by atoms with Gasteiger partial charge in [0.05, 0.1) is 13.2 Å². The van der Waals surface area contributed by atoms with Crippen LogP contribution in [0.4, 0.5) is 0 Å². The van der Waals surface area contributed by atoms with Crippen molar-refractivity contribution in [3.8, 4) is 0 Å². The largest absolute Gasteiger partial charge is 0.466 e. The van der Waals surface area contributed by atoms with Crippen molar-refractivity contribution < 1.29 is 19.1 Å². The number of ether oxygens (including phenoxy) is 2. The minimum atomic E-state index is -0.0468. The number of rotatable bonds is 24. The summed E-state index contributed by atoms with van der Waals surface area (Å²) >= 11 is 0. The fourth-order valence-corrected chi connectivity index (χ4v) is 3.75. The van der Waals surface area contributed by atoms with Crippen molar-refractivity contribution in [2.75, 3.05) is 26.3 Å². The summed E-state index contributed by atoms with van der Waals surface area (Å²) in [6.07, 6.45) is 21.0. The number of carbonyl (C=O) groups excluding carboxylic acids is 2. The van der Waals surface area contributed by atoms with E-state index in [9.17, 15) is 9.59 Å². The molecular weight excluding hydrogens is 390 g/mol. The van der Waals surface area contributed by atoms with E-state index in [1.165, 1.54) is 77.0 Å². The summed E-state index contributed by atoms with van der Waals surface area (Å²) in [6.45, 7) is 7.01. The first-order chi connectivity index (χ1) is 15.2. The van der Waals surface area contributed by atoms with Crippen molar-refractivity contribution in [1.82, 2.24) is 5.32 Å². The van der Waals surface area contributed by atoms with E-state index in [1.54, 1.807) is 0 Å². The first-order valence-electron chi connectivity index (χ1n) is 13.2. The van der Waals surface area contributed by atoms with Gasteiger partial charge in [-0.2, -0.15) is 0 Å². The number of carbonyl (C=O) groups is 2. The normalized spacial score (nSPS) is 10.9. The summed E-state index contributed by atoms with van der Waals surface area (Å²) in [5.41, 5.74) is 0. The number of unbranched alkanes of at least 4 members (excludes halogenated alkanes) is 14. The molecule has 0 aliphatic carbocycles. The van der Waals surface area contributed by atoms with Gasteiger partial charge in [0, 0.05) is 12.8 Å². The van der Waals surface area contributed by atoms with Gasteiger partial charge in [0.2, 0.25) is 0 Å². The average Bonchev–Trinajstić information content (AvgIpc) is 2.75. The molecule has 31 heavy (non-hydrogen) atoms. The molecule has 0 saturated heterocycles. The zero-order chi connectivity index (χ0) is 22.8. The number of hydrogen-bond donors (Lipinski definition) is 1. The molecule has 0 atom stereocenters. The second kappa shape index (κ2) is 25.2. The molecule has 0 aliphatic heterocycles.